The molecule has 0 aliphatic heterocycles. The highest BCUT2D eigenvalue weighted by molar-refractivity contribution is 6.00. The number of allylic oxidation sites excluding steroid dienone is 5. The van der Waals surface area contributed by atoms with Crippen molar-refractivity contribution < 1.29 is 5.11 Å². The molecule has 1 atom stereocenters. The van der Waals surface area contributed by atoms with Gasteiger partial charge in [-0.2, -0.15) is 0 Å². The standard InChI is InChI=1S/C17H18O/c1-17(2,3)11-8-9-14-15(10-11)12-6-4-5-7-13(12)16(14)18/h4-11,18H,1-3H3. The predicted molar refractivity (Wildman–Crippen MR) is 76.1 cm³/mol. The van der Waals surface area contributed by atoms with Gasteiger partial charge in [0.1, 0.15) is 5.76 Å². The van der Waals surface area contributed by atoms with Crippen LogP contribution in [0, 0.1) is 11.3 Å². The summed E-state index contributed by atoms with van der Waals surface area (Å²) >= 11 is 0. The average molecular weight is 238 g/mol. The molecule has 0 radical (unpaired) electrons. The number of benzene rings is 1. The Morgan fingerprint density at radius 1 is 1.06 bits per heavy atom. The largest absolute Gasteiger partial charge is 0.507 e. The van der Waals surface area contributed by atoms with Crippen LogP contribution in [0.25, 0.3) is 11.3 Å². The van der Waals surface area contributed by atoms with Crippen molar-refractivity contribution in [2.45, 2.75) is 20.8 Å². The molecular formula is C17H18O. The summed E-state index contributed by atoms with van der Waals surface area (Å²) in [5.41, 5.74) is 4.48. The number of hydrogen-bond donors (Lipinski definition) is 1. The molecular weight excluding hydrogens is 220 g/mol. The van der Waals surface area contributed by atoms with Gasteiger partial charge < -0.3 is 5.11 Å². The van der Waals surface area contributed by atoms with E-state index in [0.717, 1.165) is 16.7 Å². The van der Waals surface area contributed by atoms with E-state index in [-0.39, 0.29) is 5.41 Å². The van der Waals surface area contributed by atoms with Gasteiger partial charge in [0.15, 0.2) is 0 Å². The van der Waals surface area contributed by atoms with Gasteiger partial charge >= 0.3 is 0 Å². The fourth-order valence-electron chi connectivity index (χ4n) is 2.66. The van der Waals surface area contributed by atoms with Crippen molar-refractivity contribution >= 4 is 11.3 Å². The third-order valence-electron chi connectivity index (χ3n) is 3.83. The first-order valence-electron chi connectivity index (χ1n) is 6.42. The van der Waals surface area contributed by atoms with E-state index in [9.17, 15) is 5.11 Å². The summed E-state index contributed by atoms with van der Waals surface area (Å²) < 4.78 is 0. The minimum Gasteiger partial charge on any atom is -0.507 e. The summed E-state index contributed by atoms with van der Waals surface area (Å²) in [6.45, 7) is 6.73. The molecule has 0 amide bonds. The Bertz CT molecular complexity index is 594. The lowest BCUT2D eigenvalue weighted by atomic mass is 9.76. The first kappa shape index (κ1) is 11.3. The number of aliphatic hydroxyl groups is 1. The molecule has 0 aromatic heterocycles. The highest BCUT2D eigenvalue weighted by Crippen LogP contribution is 2.45. The van der Waals surface area contributed by atoms with Crippen LogP contribution in [0.15, 0.2) is 48.1 Å². The summed E-state index contributed by atoms with van der Waals surface area (Å²) in [5.74, 6) is 0.829. The van der Waals surface area contributed by atoms with Gasteiger partial charge in [0.25, 0.3) is 0 Å². The fraction of sp³-hybridized carbons (Fsp3) is 0.294. The molecule has 1 N–H and O–H groups in total. The Hall–Kier alpha value is -1.76. The number of rotatable bonds is 0. The maximum atomic E-state index is 10.3. The van der Waals surface area contributed by atoms with E-state index < -0.39 is 0 Å². The van der Waals surface area contributed by atoms with Crippen LogP contribution in [0.5, 0.6) is 0 Å². The zero-order valence-corrected chi connectivity index (χ0v) is 11.1. The van der Waals surface area contributed by atoms with E-state index in [0.29, 0.717) is 11.7 Å². The van der Waals surface area contributed by atoms with Crippen LogP contribution in [-0.4, -0.2) is 5.11 Å². The topological polar surface area (TPSA) is 20.2 Å². The Balaban J connectivity index is 2.16. The molecule has 0 fully saturated rings. The van der Waals surface area contributed by atoms with E-state index in [1.807, 2.05) is 18.2 Å². The van der Waals surface area contributed by atoms with E-state index >= 15 is 0 Å². The first-order valence-corrected chi connectivity index (χ1v) is 6.42. The molecule has 1 heteroatoms. The summed E-state index contributed by atoms with van der Waals surface area (Å²) in [7, 11) is 0. The van der Waals surface area contributed by atoms with Crippen molar-refractivity contribution in [3.8, 4) is 0 Å². The van der Waals surface area contributed by atoms with E-state index in [4.69, 9.17) is 0 Å². The molecule has 0 saturated carbocycles. The van der Waals surface area contributed by atoms with Gasteiger partial charge in [0.05, 0.1) is 0 Å². The molecule has 0 bridgehead atoms. The highest BCUT2D eigenvalue weighted by atomic mass is 16.3. The molecule has 1 nitrogen and oxygen atoms in total. The quantitative estimate of drug-likeness (QED) is 0.701. The number of aliphatic hydroxyl groups excluding tert-OH is 1. The van der Waals surface area contributed by atoms with Crippen molar-refractivity contribution in [3.05, 3.63) is 59.2 Å². The average Bonchev–Trinajstić information content (AvgIpc) is 2.63. The molecule has 92 valence electrons. The van der Waals surface area contributed by atoms with Crippen molar-refractivity contribution in [2.75, 3.05) is 0 Å². The summed E-state index contributed by atoms with van der Waals surface area (Å²) in [6, 6.07) is 8.07. The molecule has 2 aliphatic carbocycles. The zero-order chi connectivity index (χ0) is 12.9. The van der Waals surface area contributed by atoms with Gasteiger partial charge in [0, 0.05) is 17.1 Å². The minimum absolute atomic E-state index is 0.210. The second kappa shape index (κ2) is 3.61. The third kappa shape index (κ3) is 1.54. The van der Waals surface area contributed by atoms with Gasteiger partial charge in [-0.25, -0.2) is 0 Å². The van der Waals surface area contributed by atoms with Gasteiger partial charge in [-0.3, -0.25) is 0 Å². The smallest absolute Gasteiger partial charge is 0.131 e. The minimum atomic E-state index is 0.210. The second-order valence-corrected chi connectivity index (χ2v) is 6.14. The normalized spacial score (nSPS) is 21.7. The van der Waals surface area contributed by atoms with Crippen LogP contribution in [0.1, 0.15) is 31.9 Å². The molecule has 0 spiro atoms. The molecule has 1 unspecified atom stereocenters. The predicted octanol–water partition coefficient (Wildman–Crippen LogP) is 4.58. The van der Waals surface area contributed by atoms with Gasteiger partial charge in [-0.05, 0) is 16.6 Å². The maximum absolute atomic E-state index is 10.3. The van der Waals surface area contributed by atoms with Crippen LogP contribution in [0.3, 0.4) is 0 Å². The maximum Gasteiger partial charge on any atom is 0.131 e. The molecule has 18 heavy (non-hydrogen) atoms. The lowest BCUT2D eigenvalue weighted by molar-refractivity contribution is 0.343. The van der Waals surface area contributed by atoms with E-state index in [1.165, 1.54) is 5.57 Å². The van der Waals surface area contributed by atoms with Crippen LogP contribution in [0.4, 0.5) is 0 Å². The first-order chi connectivity index (χ1) is 8.48. The van der Waals surface area contributed by atoms with Crippen LogP contribution in [-0.2, 0) is 0 Å². The zero-order valence-electron chi connectivity index (χ0n) is 11.1. The summed E-state index contributed by atoms with van der Waals surface area (Å²) in [6.07, 6.45) is 6.55. The highest BCUT2D eigenvalue weighted by Gasteiger charge is 2.30. The Kier molecular flexibility index (Phi) is 2.28. The lowest BCUT2D eigenvalue weighted by Gasteiger charge is -2.28. The van der Waals surface area contributed by atoms with Crippen molar-refractivity contribution in [1.82, 2.24) is 0 Å². The molecule has 1 aromatic carbocycles. The van der Waals surface area contributed by atoms with Crippen molar-refractivity contribution in [3.63, 3.8) is 0 Å². The lowest BCUT2D eigenvalue weighted by Crippen LogP contribution is -2.18. The SMILES string of the molecule is CC(C)(C)C1C=CC2=C(O)c3ccccc3C2=C1. The van der Waals surface area contributed by atoms with E-state index in [2.05, 4.69) is 45.1 Å². The van der Waals surface area contributed by atoms with Gasteiger partial charge in [0.2, 0.25) is 0 Å². The molecule has 3 rings (SSSR count). The molecule has 2 aliphatic rings. The van der Waals surface area contributed by atoms with Crippen molar-refractivity contribution in [2.24, 2.45) is 11.3 Å². The fourth-order valence-corrected chi connectivity index (χ4v) is 2.66. The second-order valence-electron chi connectivity index (χ2n) is 6.14. The van der Waals surface area contributed by atoms with Crippen LogP contribution < -0.4 is 0 Å². The number of hydrogen-bond acceptors (Lipinski definition) is 1. The molecule has 0 heterocycles. The Morgan fingerprint density at radius 2 is 1.72 bits per heavy atom. The molecule has 1 aromatic rings. The monoisotopic (exact) mass is 238 g/mol. The van der Waals surface area contributed by atoms with Gasteiger partial charge in [-0.15, -0.1) is 0 Å². The Labute approximate surface area is 108 Å². The third-order valence-corrected chi connectivity index (χ3v) is 3.83. The van der Waals surface area contributed by atoms with Crippen molar-refractivity contribution in [1.29, 1.82) is 0 Å². The van der Waals surface area contributed by atoms with Crippen LogP contribution >= 0.6 is 0 Å². The van der Waals surface area contributed by atoms with E-state index in [1.54, 1.807) is 0 Å². The molecule has 0 saturated heterocycles. The summed E-state index contributed by atoms with van der Waals surface area (Å²) in [4.78, 5) is 0. The van der Waals surface area contributed by atoms with Crippen LogP contribution in [0.2, 0.25) is 0 Å². The number of fused-ring (bicyclic) bond motifs is 3. The Morgan fingerprint density at radius 3 is 2.39 bits per heavy atom. The van der Waals surface area contributed by atoms with Gasteiger partial charge in [-0.1, -0.05) is 63.3 Å². The summed E-state index contributed by atoms with van der Waals surface area (Å²) in [5, 5.41) is 10.3.